The molecular weight excluding hydrogens is 500 g/mol. The predicted molar refractivity (Wildman–Crippen MR) is 146 cm³/mol. The van der Waals surface area contributed by atoms with E-state index in [2.05, 4.69) is 37.5 Å². The van der Waals surface area contributed by atoms with Gasteiger partial charge in [0, 0.05) is 21.9 Å². The van der Waals surface area contributed by atoms with Crippen molar-refractivity contribution in [2.75, 3.05) is 17.2 Å². The molecule has 1 aromatic carbocycles. The maximum absolute atomic E-state index is 13.6. The molecule has 0 radical (unpaired) electrons. The Bertz CT molecular complexity index is 1220. The third-order valence-electron chi connectivity index (χ3n) is 6.00. The van der Waals surface area contributed by atoms with Crippen molar-refractivity contribution in [3.05, 3.63) is 62.9 Å². The first kappa shape index (κ1) is 25.8. The van der Waals surface area contributed by atoms with E-state index in [0.29, 0.717) is 16.5 Å². The van der Waals surface area contributed by atoms with Crippen LogP contribution in [0.1, 0.15) is 62.4 Å². The van der Waals surface area contributed by atoms with Gasteiger partial charge in [0.15, 0.2) is 0 Å². The van der Waals surface area contributed by atoms with Gasteiger partial charge in [0.1, 0.15) is 12.4 Å². The van der Waals surface area contributed by atoms with E-state index in [1.165, 1.54) is 0 Å². The minimum Gasteiger partial charge on any atom is -0.352 e. The lowest BCUT2D eigenvalue weighted by Gasteiger charge is -2.25. The third kappa shape index (κ3) is 5.29. The summed E-state index contributed by atoms with van der Waals surface area (Å²) in [7, 11) is 0. The van der Waals surface area contributed by atoms with Crippen molar-refractivity contribution in [2.24, 2.45) is 0 Å². The Balaban J connectivity index is 1.98. The zero-order valence-electron chi connectivity index (χ0n) is 20.7. The van der Waals surface area contributed by atoms with Crippen LogP contribution in [0.4, 0.5) is 5.82 Å². The molecule has 3 heterocycles. The van der Waals surface area contributed by atoms with Crippen LogP contribution in [0, 0.1) is 0 Å². The second-order valence-electron chi connectivity index (χ2n) is 9.76. The maximum Gasteiger partial charge on any atom is 0.240 e. The van der Waals surface area contributed by atoms with Crippen molar-refractivity contribution in [3.63, 3.8) is 0 Å². The van der Waals surface area contributed by atoms with Crippen molar-refractivity contribution in [3.8, 4) is 5.69 Å². The normalized spacial score (nSPS) is 17.1. The van der Waals surface area contributed by atoms with Crippen molar-refractivity contribution in [1.29, 1.82) is 0 Å². The average Bonchev–Trinajstić information content (AvgIpc) is 3.44. The van der Waals surface area contributed by atoms with Gasteiger partial charge in [0.25, 0.3) is 0 Å². The molecule has 35 heavy (non-hydrogen) atoms. The number of nitrogens with zero attached hydrogens (tertiary/aromatic N) is 3. The number of hydrogen-bond donors (Lipinski definition) is 1. The van der Waals surface area contributed by atoms with E-state index in [-0.39, 0.29) is 40.8 Å². The Morgan fingerprint density at radius 3 is 2.63 bits per heavy atom. The van der Waals surface area contributed by atoms with E-state index in [1.54, 1.807) is 32.7 Å². The Morgan fingerprint density at radius 1 is 1.26 bits per heavy atom. The highest BCUT2D eigenvalue weighted by Crippen LogP contribution is 2.49. The first-order valence-electron chi connectivity index (χ1n) is 11.7. The number of carbonyl (C=O) groups excluding carboxylic acids is 2. The van der Waals surface area contributed by atoms with Crippen molar-refractivity contribution in [2.45, 2.75) is 57.7 Å². The highest BCUT2D eigenvalue weighted by Gasteiger charge is 2.40. The highest BCUT2D eigenvalue weighted by atomic mass is 35.5. The van der Waals surface area contributed by atoms with Crippen LogP contribution in [0.5, 0.6) is 0 Å². The predicted octanol–water partition coefficient (Wildman–Crippen LogP) is 5.97. The lowest BCUT2D eigenvalue weighted by atomic mass is 9.88. The fraction of sp³-hybridized carbons (Fsp3) is 0.423. The number of anilines is 1. The van der Waals surface area contributed by atoms with E-state index in [0.717, 1.165) is 22.6 Å². The first-order chi connectivity index (χ1) is 16.6. The monoisotopic (exact) mass is 530 g/mol. The van der Waals surface area contributed by atoms with Gasteiger partial charge in [0.05, 0.1) is 27.4 Å². The molecule has 2 atom stereocenters. The minimum absolute atomic E-state index is 0.0240. The molecule has 3 aromatic rings. The van der Waals surface area contributed by atoms with E-state index in [4.69, 9.17) is 16.7 Å². The molecule has 1 aliphatic heterocycles. The standard InChI is InChI=1S/C26H31ClN4O2S2/c1-6-16(2)28-20(32)14-30-21(33)15-35-23(19-12-9-13-34-19)22-24(26(3,4)5)29-31(25(22)30)18-11-8-7-10-17(18)27/h7-13,16,23H,6,14-15H2,1-5H3,(H,28,32)/t16-,23-/m1/s1. The van der Waals surface area contributed by atoms with Crippen LogP contribution in [-0.2, 0) is 15.0 Å². The molecule has 2 aromatic heterocycles. The molecule has 0 spiro atoms. The summed E-state index contributed by atoms with van der Waals surface area (Å²) in [4.78, 5) is 29.3. The molecule has 0 saturated heterocycles. The number of thioether (sulfide) groups is 1. The van der Waals surface area contributed by atoms with Crippen LogP contribution >= 0.6 is 34.7 Å². The summed E-state index contributed by atoms with van der Waals surface area (Å²) in [5.41, 5.74) is 2.23. The SMILES string of the molecule is CC[C@@H](C)NC(=O)CN1C(=O)CS[C@H](c2cccs2)c2c(C(C)(C)C)nn(-c3ccccc3Cl)c21. The van der Waals surface area contributed by atoms with Gasteiger partial charge in [-0.3, -0.25) is 14.5 Å². The van der Waals surface area contributed by atoms with E-state index in [1.807, 2.05) is 44.2 Å². The van der Waals surface area contributed by atoms with E-state index < -0.39 is 0 Å². The molecule has 9 heteroatoms. The van der Waals surface area contributed by atoms with Crippen LogP contribution in [0.25, 0.3) is 5.69 Å². The second kappa shape index (κ2) is 10.4. The number of carbonyl (C=O) groups is 2. The van der Waals surface area contributed by atoms with Crippen LogP contribution < -0.4 is 10.2 Å². The van der Waals surface area contributed by atoms with Crippen molar-refractivity contribution in [1.82, 2.24) is 15.1 Å². The number of benzene rings is 1. The molecule has 0 unspecified atom stereocenters. The van der Waals surface area contributed by atoms with Gasteiger partial charge < -0.3 is 5.32 Å². The van der Waals surface area contributed by atoms with Gasteiger partial charge >= 0.3 is 0 Å². The summed E-state index contributed by atoms with van der Waals surface area (Å²) >= 11 is 9.88. The number of fused-ring (bicyclic) bond motifs is 1. The van der Waals surface area contributed by atoms with E-state index >= 15 is 0 Å². The zero-order chi connectivity index (χ0) is 25.3. The fourth-order valence-electron chi connectivity index (χ4n) is 4.10. The summed E-state index contributed by atoms with van der Waals surface area (Å²) in [6.45, 7) is 10.3. The van der Waals surface area contributed by atoms with Crippen LogP contribution in [-0.4, -0.2) is 39.9 Å². The van der Waals surface area contributed by atoms with Gasteiger partial charge in [-0.05, 0) is 36.9 Å². The number of para-hydroxylation sites is 1. The minimum atomic E-state index is -0.301. The summed E-state index contributed by atoms with van der Waals surface area (Å²) in [6, 6.07) is 11.6. The second-order valence-corrected chi connectivity index (χ2v) is 12.2. The topological polar surface area (TPSA) is 67.2 Å². The maximum atomic E-state index is 13.6. The Labute approximate surface area is 220 Å². The Kier molecular flexibility index (Phi) is 7.64. The summed E-state index contributed by atoms with van der Waals surface area (Å²) < 4.78 is 1.76. The highest BCUT2D eigenvalue weighted by molar-refractivity contribution is 8.00. The van der Waals surface area contributed by atoms with Crippen molar-refractivity contribution >= 4 is 52.3 Å². The van der Waals surface area contributed by atoms with Gasteiger partial charge in [-0.25, -0.2) is 4.68 Å². The van der Waals surface area contributed by atoms with Gasteiger partial charge in [-0.2, -0.15) is 5.10 Å². The summed E-state index contributed by atoms with van der Waals surface area (Å²) in [5, 5.41) is 10.6. The molecule has 0 aliphatic carbocycles. The lowest BCUT2D eigenvalue weighted by molar-refractivity contribution is -0.123. The number of amides is 2. The molecule has 6 nitrogen and oxygen atoms in total. The number of hydrogen-bond acceptors (Lipinski definition) is 5. The third-order valence-corrected chi connectivity index (χ3v) is 8.65. The number of nitrogens with one attached hydrogen (secondary N) is 1. The van der Waals surface area contributed by atoms with E-state index in [9.17, 15) is 9.59 Å². The first-order valence-corrected chi connectivity index (χ1v) is 14.1. The van der Waals surface area contributed by atoms with Gasteiger partial charge in [-0.1, -0.05) is 57.5 Å². The van der Waals surface area contributed by atoms with Crippen LogP contribution in [0.15, 0.2) is 41.8 Å². The molecule has 1 N–H and O–H groups in total. The quantitative estimate of drug-likeness (QED) is 0.426. The molecule has 0 bridgehead atoms. The average molecular weight is 531 g/mol. The Hall–Kier alpha value is -2.29. The fourth-order valence-corrected chi connectivity index (χ4v) is 6.49. The largest absolute Gasteiger partial charge is 0.352 e. The number of thiophene rings is 1. The lowest BCUT2D eigenvalue weighted by Crippen LogP contribution is -2.44. The summed E-state index contributed by atoms with van der Waals surface area (Å²) in [5.74, 6) is 0.571. The smallest absolute Gasteiger partial charge is 0.240 e. The molecule has 0 saturated carbocycles. The number of rotatable bonds is 6. The van der Waals surface area contributed by atoms with Crippen LogP contribution in [0.3, 0.4) is 0 Å². The molecular formula is C26H31ClN4O2S2. The Morgan fingerprint density at radius 2 is 2.00 bits per heavy atom. The molecule has 1 aliphatic rings. The van der Waals surface area contributed by atoms with Crippen molar-refractivity contribution < 1.29 is 9.59 Å². The molecule has 0 fully saturated rings. The van der Waals surface area contributed by atoms with Gasteiger partial charge in [-0.15, -0.1) is 23.1 Å². The molecule has 186 valence electrons. The number of halogens is 1. The van der Waals surface area contributed by atoms with Gasteiger partial charge in [0.2, 0.25) is 11.8 Å². The summed E-state index contributed by atoms with van der Waals surface area (Å²) in [6.07, 6.45) is 0.812. The zero-order valence-corrected chi connectivity index (χ0v) is 23.1. The van der Waals surface area contributed by atoms with Crippen LogP contribution in [0.2, 0.25) is 5.02 Å². The number of aromatic nitrogens is 2. The molecule has 2 amide bonds. The molecule has 4 rings (SSSR count).